The van der Waals surface area contributed by atoms with Crippen LogP contribution in [0.5, 0.6) is 0 Å². The van der Waals surface area contributed by atoms with Gasteiger partial charge in [0.05, 0.1) is 39.6 Å². The van der Waals surface area contributed by atoms with Crippen LogP contribution in [0.25, 0.3) is 0 Å². The van der Waals surface area contributed by atoms with Crippen LogP contribution >= 0.6 is 0 Å². The van der Waals surface area contributed by atoms with Crippen molar-refractivity contribution < 1.29 is 38.2 Å². The molecule has 0 N–H and O–H groups in total. The molecule has 0 aliphatic carbocycles. The summed E-state index contributed by atoms with van der Waals surface area (Å²) in [6.07, 6.45) is 0.118. The van der Waals surface area contributed by atoms with E-state index in [1.165, 1.54) is 0 Å². The number of methoxy groups -OCH3 is 2. The first-order chi connectivity index (χ1) is 11.0. The molecule has 0 aliphatic rings. The molecule has 0 rings (SSSR count). The average molecular weight is 337 g/mol. The van der Waals surface area contributed by atoms with Gasteiger partial charge in [0.25, 0.3) is 11.8 Å². The Hall–Kier alpha value is -1.55. The van der Waals surface area contributed by atoms with Gasteiger partial charge in [0, 0.05) is 27.6 Å². The average Bonchev–Trinajstić information content (AvgIpc) is 2.54. The van der Waals surface area contributed by atoms with E-state index in [0.717, 1.165) is 6.92 Å². The summed E-state index contributed by atoms with van der Waals surface area (Å²) in [6, 6.07) is 0. The number of ether oxygens (including phenoxy) is 4. The van der Waals surface area contributed by atoms with Gasteiger partial charge in [-0.05, 0) is 0 Å². The molecular weight excluding hydrogens is 310 g/mol. The summed E-state index contributed by atoms with van der Waals surface area (Å²) >= 11 is 0. The third-order valence-electron chi connectivity index (χ3n) is 2.20. The molecule has 136 valence electrons. The number of hydroxylamine groups is 2. The lowest BCUT2D eigenvalue weighted by Gasteiger charge is -2.12. The van der Waals surface area contributed by atoms with E-state index in [0.29, 0.717) is 44.7 Å². The monoisotopic (exact) mass is 337 g/mol. The van der Waals surface area contributed by atoms with Gasteiger partial charge < -0.3 is 23.8 Å². The lowest BCUT2D eigenvalue weighted by molar-refractivity contribution is -0.192. The van der Waals surface area contributed by atoms with Crippen molar-refractivity contribution in [2.45, 2.75) is 20.3 Å². The highest BCUT2D eigenvalue weighted by Gasteiger charge is 2.16. The van der Waals surface area contributed by atoms with Crippen molar-refractivity contribution in [2.75, 3.05) is 53.9 Å². The number of hydrogen-bond donors (Lipinski definition) is 0. The van der Waals surface area contributed by atoms with E-state index < -0.39 is 11.8 Å². The molecule has 9 heteroatoms. The summed E-state index contributed by atoms with van der Waals surface area (Å²) < 4.78 is 19.9. The Balaban J connectivity index is 0. The molecule has 23 heavy (non-hydrogen) atoms. The number of nitrogens with zero attached hydrogens (tertiary/aromatic N) is 1. The first-order valence-electron chi connectivity index (χ1n) is 7.12. The van der Waals surface area contributed by atoms with Crippen LogP contribution in [0, 0.1) is 0 Å². The van der Waals surface area contributed by atoms with E-state index in [4.69, 9.17) is 18.9 Å². The highest BCUT2D eigenvalue weighted by atomic mass is 16.7. The fraction of sp³-hybridized carbons (Fsp3) is 0.786. The third kappa shape index (κ3) is 16.6. The Morgan fingerprint density at radius 2 is 1.35 bits per heavy atom. The van der Waals surface area contributed by atoms with Crippen LogP contribution in [0.2, 0.25) is 0 Å². The second-order valence-corrected chi connectivity index (χ2v) is 3.97. The molecule has 0 aliphatic heterocycles. The van der Waals surface area contributed by atoms with Crippen LogP contribution in [0.1, 0.15) is 20.3 Å². The minimum atomic E-state index is -0.607. The topological polar surface area (TPSA) is 101 Å². The summed E-state index contributed by atoms with van der Waals surface area (Å²) in [7, 11) is 3.30. The van der Waals surface area contributed by atoms with E-state index in [9.17, 15) is 14.4 Å². The van der Waals surface area contributed by atoms with Crippen molar-refractivity contribution in [3.63, 3.8) is 0 Å². The van der Waals surface area contributed by atoms with Crippen molar-refractivity contribution in [2.24, 2.45) is 0 Å². The van der Waals surface area contributed by atoms with Gasteiger partial charge >= 0.3 is 6.47 Å². The van der Waals surface area contributed by atoms with E-state index in [-0.39, 0.29) is 12.9 Å². The number of imide groups is 1. The third-order valence-corrected chi connectivity index (χ3v) is 2.20. The van der Waals surface area contributed by atoms with E-state index >= 15 is 0 Å². The first-order valence-corrected chi connectivity index (χ1v) is 7.12. The molecule has 0 atom stereocenters. The highest BCUT2D eigenvalue weighted by molar-refractivity contribution is 5.93. The lowest BCUT2D eigenvalue weighted by Crippen LogP contribution is -2.34. The molecule has 0 unspecified atom stereocenters. The molecule has 0 radical (unpaired) electrons. The summed E-state index contributed by atoms with van der Waals surface area (Å²) in [4.78, 5) is 35.2. The molecule has 0 heterocycles. The molecule has 0 fully saturated rings. The van der Waals surface area contributed by atoms with Gasteiger partial charge in [-0.2, -0.15) is 0 Å². The number of amides is 2. The van der Waals surface area contributed by atoms with Crippen LogP contribution in [0.4, 0.5) is 0 Å². The normalized spacial score (nSPS) is 9.57. The molecule has 0 saturated carbocycles. The second-order valence-electron chi connectivity index (χ2n) is 3.97. The maximum Gasteiger partial charge on any atom is 0.321 e. The standard InChI is InChI=1S/C8H18O4.C6H9NO4/c1-9-3-5-11-7-8-12-6-4-10-2;1-3-6(10)7(5(2)9)11-4-8/h3-8H2,1-2H3;4H,3H2,1-2H3. The summed E-state index contributed by atoms with van der Waals surface area (Å²) in [5.74, 6) is -1.14. The molecule has 0 bridgehead atoms. The Kier molecular flexibility index (Phi) is 19.1. The Labute approximate surface area is 136 Å². The minimum absolute atomic E-state index is 0.0367. The quantitative estimate of drug-likeness (QED) is 0.282. The van der Waals surface area contributed by atoms with Gasteiger partial charge in [-0.1, -0.05) is 6.92 Å². The Morgan fingerprint density at radius 1 is 0.913 bits per heavy atom. The number of rotatable bonds is 12. The maximum absolute atomic E-state index is 10.8. The van der Waals surface area contributed by atoms with Gasteiger partial charge in [-0.15, -0.1) is 5.06 Å². The molecule has 0 saturated heterocycles. The van der Waals surface area contributed by atoms with Crippen molar-refractivity contribution >= 4 is 18.3 Å². The van der Waals surface area contributed by atoms with Gasteiger partial charge in [-0.25, -0.2) is 0 Å². The van der Waals surface area contributed by atoms with Crippen LogP contribution in [-0.2, 0) is 38.2 Å². The zero-order valence-corrected chi connectivity index (χ0v) is 14.2. The Morgan fingerprint density at radius 3 is 1.65 bits per heavy atom. The van der Waals surface area contributed by atoms with Crippen molar-refractivity contribution in [1.29, 1.82) is 0 Å². The van der Waals surface area contributed by atoms with E-state index in [2.05, 4.69) is 4.84 Å². The SMILES string of the molecule is CCC(=O)N(OC=O)C(C)=O.COCCOCCOCCOC. The van der Waals surface area contributed by atoms with Gasteiger partial charge in [-0.3, -0.25) is 14.4 Å². The molecule has 0 aromatic carbocycles. The molecule has 2 amide bonds. The van der Waals surface area contributed by atoms with Crippen molar-refractivity contribution in [3.8, 4) is 0 Å². The van der Waals surface area contributed by atoms with Crippen molar-refractivity contribution in [1.82, 2.24) is 5.06 Å². The van der Waals surface area contributed by atoms with E-state index in [1.54, 1.807) is 21.1 Å². The molecular formula is C14H27NO8. The van der Waals surface area contributed by atoms with Gasteiger partial charge in [0.2, 0.25) is 0 Å². The predicted octanol–water partition coefficient (Wildman–Crippen LogP) is 0.172. The highest BCUT2D eigenvalue weighted by Crippen LogP contribution is 1.94. The number of hydrogen-bond acceptors (Lipinski definition) is 8. The predicted molar refractivity (Wildman–Crippen MR) is 80.4 cm³/mol. The zero-order valence-electron chi connectivity index (χ0n) is 14.2. The van der Waals surface area contributed by atoms with Gasteiger partial charge in [0.15, 0.2) is 0 Å². The largest absolute Gasteiger partial charge is 0.382 e. The summed E-state index contributed by atoms with van der Waals surface area (Å²) in [6.45, 7) is 6.50. The Bertz CT molecular complexity index is 301. The number of carbonyl (C=O) groups excluding carboxylic acids is 3. The maximum atomic E-state index is 10.8. The summed E-state index contributed by atoms with van der Waals surface area (Å²) in [5, 5.41) is 0.424. The lowest BCUT2D eigenvalue weighted by atomic mass is 10.4. The second kappa shape index (κ2) is 18.5. The molecule has 0 aromatic rings. The number of carbonyl (C=O) groups is 3. The molecule has 9 nitrogen and oxygen atoms in total. The van der Waals surface area contributed by atoms with Crippen molar-refractivity contribution in [3.05, 3.63) is 0 Å². The minimum Gasteiger partial charge on any atom is -0.382 e. The molecule has 0 spiro atoms. The van der Waals surface area contributed by atoms with Crippen LogP contribution in [-0.4, -0.2) is 77.2 Å². The summed E-state index contributed by atoms with van der Waals surface area (Å²) in [5.41, 5.74) is 0. The van der Waals surface area contributed by atoms with Gasteiger partial charge in [0.1, 0.15) is 0 Å². The van der Waals surface area contributed by atoms with Crippen LogP contribution in [0.3, 0.4) is 0 Å². The molecule has 0 aromatic heterocycles. The zero-order chi connectivity index (χ0) is 17.9. The van der Waals surface area contributed by atoms with E-state index in [1.807, 2.05) is 0 Å². The van der Waals surface area contributed by atoms with Crippen LogP contribution in [0.15, 0.2) is 0 Å². The smallest absolute Gasteiger partial charge is 0.321 e. The van der Waals surface area contributed by atoms with Crippen LogP contribution < -0.4 is 0 Å². The fourth-order valence-corrected chi connectivity index (χ4v) is 1.10. The first kappa shape index (κ1) is 23.7. The fourth-order valence-electron chi connectivity index (χ4n) is 1.10.